The normalized spacial score (nSPS) is 11.4. The van der Waals surface area contributed by atoms with Crippen LogP contribution in [0.3, 0.4) is 0 Å². The molecule has 0 aliphatic rings. The molecule has 2 aromatic rings. The fourth-order valence-electron chi connectivity index (χ4n) is 1.47. The largest absolute Gasteiger partial charge is 0.417 e. The monoisotopic (exact) mass is 285 g/mol. The Morgan fingerprint density at radius 1 is 1.15 bits per heavy atom. The maximum Gasteiger partial charge on any atom is 0.417 e. The predicted molar refractivity (Wildman–Crippen MR) is 59.5 cm³/mol. The average Bonchev–Trinajstić information content (AvgIpc) is 2.37. The van der Waals surface area contributed by atoms with E-state index in [1.165, 1.54) is 6.92 Å². The van der Waals surface area contributed by atoms with Gasteiger partial charge >= 0.3 is 6.18 Å². The van der Waals surface area contributed by atoms with Gasteiger partial charge in [0.1, 0.15) is 0 Å². The Morgan fingerprint density at radius 2 is 1.75 bits per heavy atom. The molecule has 0 bridgehead atoms. The van der Waals surface area contributed by atoms with E-state index in [4.69, 9.17) is 0 Å². The first-order valence-electron chi connectivity index (χ1n) is 5.19. The number of rotatable bonds is 2. The van der Waals surface area contributed by atoms with Gasteiger partial charge in [0.05, 0.1) is 10.5 Å². The molecule has 1 heterocycles. The molecule has 2 rings (SSSR count). The predicted octanol–water partition coefficient (Wildman–Crippen LogP) is 2.17. The first kappa shape index (κ1) is 13.8. The van der Waals surface area contributed by atoms with Crippen molar-refractivity contribution in [1.29, 1.82) is 0 Å². The van der Waals surface area contributed by atoms with Gasteiger partial charge in [0, 0.05) is 17.7 Å². The van der Waals surface area contributed by atoms with E-state index in [1.54, 1.807) is 0 Å². The van der Waals surface area contributed by atoms with Crippen LogP contribution in [0.15, 0.2) is 18.2 Å². The van der Waals surface area contributed by atoms with E-state index in [1.807, 2.05) is 0 Å². The topological polar surface area (TPSA) is 94.7 Å². The molecule has 0 N–H and O–H groups in total. The third-order valence-electron chi connectivity index (χ3n) is 2.34. The fourth-order valence-corrected chi connectivity index (χ4v) is 1.47. The van der Waals surface area contributed by atoms with Crippen molar-refractivity contribution in [3.8, 4) is 11.4 Å². The molecule has 0 saturated heterocycles. The highest BCUT2D eigenvalue weighted by Crippen LogP contribution is 2.37. The van der Waals surface area contributed by atoms with Crippen molar-refractivity contribution in [1.82, 2.24) is 20.4 Å². The van der Waals surface area contributed by atoms with Gasteiger partial charge in [0.15, 0.2) is 5.82 Å². The number of non-ortho nitro benzene ring substituents is 1. The number of benzene rings is 1. The van der Waals surface area contributed by atoms with Crippen LogP contribution in [-0.4, -0.2) is 25.3 Å². The molecule has 0 fully saturated rings. The zero-order valence-corrected chi connectivity index (χ0v) is 9.92. The summed E-state index contributed by atoms with van der Waals surface area (Å²) in [4.78, 5) is 9.84. The molecule has 0 unspecified atom stereocenters. The zero-order valence-electron chi connectivity index (χ0n) is 9.92. The summed E-state index contributed by atoms with van der Waals surface area (Å²) in [7, 11) is 0. The maximum absolute atomic E-state index is 12.9. The standard InChI is InChI=1S/C10H6F3N5O2/c1-5-14-16-9(17-15-5)7-4-6(18(19)20)2-3-8(7)10(11,12)13/h2-4H,1H3. The van der Waals surface area contributed by atoms with Crippen LogP contribution in [0.4, 0.5) is 18.9 Å². The third kappa shape index (κ3) is 2.68. The Hall–Kier alpha value is -2.65. The van der Waals surface area contributed by atoms with Crippen LogP contribution in [0.1, 0.15) is 11.4 Å². The summed E-state index contributed by atoms with van der Waals surface area (Å²) in [5.74, 6) is -0.251. The molecular weight excluding hydrogens is 279 g/mol. The van der Waals surface area contributed by atoms with Crippen LogP contribution >= 0.6 is 0 Å². The second-order valence-corrected chi connectivity index (χ2v) is 3.76. The van der Waals surface area contributed by atoms with Gasteiger partial charge in [-0.05, 0) is 13.0 Å². The zero-order chi connectivity index (χ0) is 14.9. The average molecular weight is 285 g/mol. The molecule has 0 saturated carbocycles. The molecule has 0 aliphatic carbocycles. The summed E-state index contributed by atoms with van der Waals surface area (Å²) >= 11 is 0. The van der Waals surface area contributed by atoms with Crippen molar-refractivity contribution < 1.29 is 18.1 Å². The first-order chi connectivity index (χ1) is 9.29. The molecule has 20 heavy (non-hydrogen) atoms. The molecule has 1 aromatic carbocycles. The lowest BCUT2D eigenvalue weighted by molar-refractivity contribution is -0.384. The number of nitro benzene ring substituents is 1. The molecule has 104 valence electrons. The van der Waals surface area contributed by atoms with Crippen molar-refractivity contribution in [2.75, 3.05) is 0 Å². The Kier molecular flexibility index (Phi) is 3.30. The molecule has 0 amide bonds. The molecule has 0 radical (unpaired) electrons. The Bertz CT molecular complexity index is 657. The highest BCUT2D eigenvalue weighted by molar-refractivity contribution is 5.64. The Morgan fingerprint density at radius 3 is 2.25 bits per heavy atom. The third-order valence-corrected chi connectivity index (χ3v) is 2.34. The second kappa shape index (κ2) is 4.79. The van der Waals surface area contributed by atoms with Crippen molar-refractivity contribution in [3.63, 3.8) is 0 Å². The summed E-state index contributed by atoms with van der Waals surface area (Å²) in [5.41, 5.74) is -2.13. The number of nitrogens with zero attached hydrogens (tertiary/aromatic N) is 5. The molecule has 0 atom stereocenters. The van der Waals surface area contributed by atoms with E-state index in [-0.39, 0.29) is 5.82 Å². The van der Waals surface area contributed by atoms with E-state index in [0.29, 0.717) is 6.07 Å². The summed E-state index contributed by atoms with van der Waals surface area (Å²) in [6.07, 6.45) is -4.70. The van der Waals surface area contributed by atoms with Crippen LogP contribution in [0, 0.1) is 17.0 Å². The van der Waals surface area contributed by atoms with Gasteiger partial charge in [-0.25, -0.2) is 0 Å². The van der Waals surface area contributed by atoms with Gasteiger partial charge in [0.25, 0.3) is 5.69 Å². The Balaban J connectivity index is 2.66. The summed E-state index contributed by atoms with van der Waals surface area (Å²) in [6.45, 7) is 1.46. The number of nitro groups is 1. The lowest BCUT2D eigenvalue weighted by atomic mass is 10.1. The number of alkyl halides is 3. The maximum atomic E-state index is 12.9. The molecule has 0 aliphatic heterocycles. The van der Waals surface area contributed by atoms with Crippen molar-refractivity contribution >= 4 is 5.69 Å². The van der Waals surface area contributed by atoms with E-state index < -0.39 is 33.7 Å². The highest BCUT2D eigenvalue weighted by atomic mass is 19.4. The Labute approximate surface area is 109 Å². The summed E-state index contributed by atoms with van der Waals surface area (Å²) < 4.78 is 38.6. The van der Waals surface area contributed by atoms with Crippen molar-refractivity contribution in [2.45, 2.75) is 13.1 Å². The van der Waals surface area contributed by atoms with Gasteiger partial charge in [-0.2, -0.15) is 13.2 Å². The first-order valence-corrected chi connectivity index (χ1v) is 5.19. The molecule has 7 nitrogen and oxygen atoms in total. The smallest absolute Gasteiger partial charge is 0.258 e. The minimum atomic E-state index is -4.70. The minimum Gasteiger partial charge on any atom is -0.258 e. The SMILES string of the molecule is Cc1nnc(-c2cc([N+](=O)[O-])ccc2C(F)(F)F)nn1. The van der Waals surface area contributed by atoms with Crippen molar-refractivity contribution in [3.05, 3.63) is 39.7 Å². The van der Waals surface area contributed by atoms with Crippen LogP contribution in [0.2, 0.25) is 0 Å². The summed E-state index contributed by atoms with van der Waals surface area (Å²) in [5, 5.41) is 24.6. The number of hydrogen-bond donors (Lipinski definition) is 0. The summed E-state index contributed by atoms with van der Waals surface area (Å²) in [6, 6.07) is 2.12. The number of aromatic nitrogens is 4. The van der Waals surface area contributed by atoms with E-state index >= 15 is 0 Å². The van der Waals surface area contributed by atoms with Crippen LogP contribution < -0.4 is 0 Å². The van der Waals surface area contributed by atoms with Gasteiger partial charge in [-0.3, -0.25) is 10.1 Å². The number of halogens is 3. The van der Waals surface area contributed by atoms with Crippen LogP contribution in [0.25, 0.3) is 11.4 Å². The fraction of sp³-hybridized carbons (Fsp3) is 0.200. The number of hydrogen-bond acceptors (Lipinski definition) is 6. The van der Waals surface area contributed by atoms with Gasteiger partial charge in [0.2, 0.25) is 5.82 Å². The molecule has 10 heteroatoms. The van der Waals surface area contributed by atoms with Gasteiger partial charge in [-0.1, -0.05) is 0 Å². The van der Waals surface area contributed by atoms with Crippen molar-refractivity contribution in [2.24, 2.45) is 0 Å². The number of aryl methyl sites for hydroxylation is 1. The second-order valence-electron chi connectivity index (χ2n) is 3.76. The lowest BCUT2D eigenvalue weighted by Gasteiger charge is -2.10. The van der Waals surface area contributed by atoms with Gasteiger partial charge in [-0.15, -0.1) is 20.4 Å². The molecule has 0 spiro atoms. The van der Waals surface area contributed by atoms with Gasteiger partial charge < -0.3 is 0 Å². The highest BCUT2D eigenvalue weighted by Gasteiger charge is 2.35. The minimum absolute atomic E-state index is 0.174. The van der Waals surface area contributed by atoms with E-state index in [9.17, 15) is 23.3 Å². The van der Waals surface area contributed by atoms with E-state index in [0.717, 1.165) is 12.1 Å². The van der Waals surface area contributed by atoms with Crippen LogP contribution in [-0.2, 0) is 6.18 Å². The molecule has 1 aromatic heterocycles. The van der Waals surface area contributed by atoms with E-state index in [2.05, 4.69) is 20.4 Å². The quantitative estimate of drug-likeness (QED) is 0.620. The molecular formula is C10H6F3N5O2. The van der Waals surface area contributed by atoms with Crippen LogP contribution in [0.5, 0.6) is 0 Å². The lowest BCUT2D eigenvalue weighted by Crippen LogP contribution is -2.10.